The van der Waals surface area contributed by atoms with E-state index < -0.39 is 0 Å². The molecule has 0 radical (unpaired) electrons. The van der Waals surface area contributed by atoms with Crippen LogP contribution in [0.4, 0.5) is 11.4 Å². The first-order valence-corrected chi connectivity index (χ1v) is 5.82. The van der Waals surface area contributed by atoms with Crippen LogP contribution in [0.3, 0.4) is 0 Å². The quantitative estimate of drug-likeness (QED) is 0.858. The van der Waals surface area contributed by atoms with Gasteiger partial charge in [0.15, 0.2) is 0 Å². The van der Waals surface area contributed by atoms with Crippen molar-refractivity contribution < 1.29 is 0 Å². The maximum absolute atomic E-state index is 8.71. The molecule has 2 rings (SSSR count). The Morgan fingerprint density at radius 3 is 2.11 bits per heavy atom. The molecule has 0 unspecified atom stereocenters. The molecular formula is C15H15N3. The molecule has 0 aliphatic carbocycles. The molecule has 2 aromatic rings. The Morgan fingerprint density at radius 1 is 0.944 bits per heavy atom. The molecule has 0 fully saturated rings. The smallest absolute Gasteiger partial charge is 0.0991 e. The van der Waals surface area contributed by atoms with Crippen molar-refractivity contribution in [3.63, 3.8) is 0 Å². The third-order valence-electron chi connectivity index (χ3n) is 2.75. The number of benzene rings is 2. The van der Waals surface area contributed by atoms with E-state index >= 15 is 0 Å². The van der Waals surface area contributed by atoms with Gasteiger partial charge in [-0.1, -0.05) is 12.1 Å². The van der Waals surface area contributed by atoms with Crippen molar-refractivity contribution in [1.82, 2.24) is 0 Å². The van der Waals surface area contributed by atoms with Crippen molar-refractivity contribution in [2.45, 2.75) is 6.54 Å². The molecular weight excluding hydrogens is 222 g/mol. The summed E-state index contributed by atoms with van der Waals surface area (Å²) < 4.78 is 0. The molecule has 2 N–H and O–H groups in total. The minimum Gasteiger partial charge on any atom is -0.388 e. The largest absolute Gasteiger partial charge is 0.388 e. The highest BCUT2D eigenvalue weighted by molar-refractivity contribution is 5.48. The van der Waals surface area contributed by atoms with E-state index in [1.54, 1.807) is 0 Å². The molecule has 0 aromatic heterocycles. The van der Waals surface area contributed by atoms with Gasteiger partial charge in [-0.05, 0) is 42.0 Å². The van der Waals surface area contributed by atoms with Crippen LogP contribution in [0.5, 0.6) is 0 Å². The van der Waals surface area contributed by atoms with Crippen molar-refractivity contribution in [2.75, 3.05) is 17.7 Å². The summed E-state index contributed by atoms with van der Waals surface area (Å²) in [5.74, 6) is 0. The van der Waals surface area contributed by atoms with Crippen LogP contribution in [0.2, 0.25) is 0 Å². The molecule has 3 heteroatoms. The number of hydrogen-bond donors (Lipinski definition) is 2. The van der Waals surface area contributed by atoms with Crippen molar-refractivity contribution in [1.29, 1.82) is 5.26 Å². The number of nitrogens with zero attached hydrogens (tertiary/aromatic N) is 1. The van der Waals surface area contributed by atoms with E-state index in [1.165, 1.54) is 5.56 Å². The summed E-state index contributed by atoms with van der Waals surface area (Å²) in [5, 5.41) is 15.1. The van der Waals surface area contributed by atoms with Gasteiger partial charge in [0.05, 0.1) is 11.6 Å². The first-order chi connectivity index (χ1) is 8.81. The first-order valence-electron chi connectivity index (χ1n) is 5.82. The standard InChI is InChI=1S/C15H15N3/c1-17-14-6-4-13(5-7-14)11-18-15-8-2-12(10-16)3-9-15/h2-9,17-18H,11H2,1H3. The zero-order valence-electron chi connectivity index (χ0n) is 10.3. The molecule has 0 amide bonds. The molecule has 2 aromatic carbocycles. The normalized spacial score (nSPS) is 9.56. The summed E-state index contributed by atoms with van der Waals surface area (Å²) in [6, 6.07) is 17.8. The Balaban J connectivity index is 1.95. The zero-order valence-corrected chi connectivity index (χ0v) is 10.3. The average molecular weight is 237 g/mol. The molecule has 0 heterocycles. The van der Waals surface area contributed by atoms with Crippen molar-refractivity contribution in [3.05, 3.63) is 59.7 Å². The lowest BCUT2D eigenvalue weighted by Gasteiger charge is -2.07. The van der Waals surface area contributed by atoms with E-state index in [9.17, 15) is 0 Å². The highest BCUT2D eigenvalue weighted by atomic mass is 14.9. The Kier molecular flexibility index (Phi) is 3.83. The third kappa shape index (κ3) is 3.02. The van der Waals surface area contributed by atoms with E-state index in [0.29, 0.717) is 5.56 Å². The molecule has 0 aliphatic heterocycles. The van der Waals surface area contributed by atoms with Crippen molar-refractivity contribution in [2.24, 2.45) is 0 Å². The van der Waals surface area contributed by atoms with Crippen LogP contribution in [-0.2, 0) is 6.54 Å². The summed E-state index contributed by atoms with van der Waals surface area (Å²) >= 11 is 0. The minimum atomic E-state index is 0.680. The monoisotopic (exact) mass is 237 g/mol. The van der Waals surface area contributed by atoms with Crippen molar-refractivity contribution >= 4 is 11.4 Å². The highest BCUT2D eigenvalue weighted by Crippen LogP contribution is 2.12. The van der Waals surface area contributed by atoms with Crippen molar-refractivity contribution in [3.8, 4) is 6.07 Å². The SMILES string of the molecule is CNc1ccc(CNc2ccc(C#N)cc2)cc1. The van der Waals surface area contributed by atoms with Gasteiger partial charge in [0.25, 0.3) is 0 Å². The van der Waals surface area contributed by atoms with Crippen LogP contribution >= 0.6 is 0 Å². The highest BCUT2D eigenvalue weighted by Gasteiger charge is 1.95. The van der Waals surface area contributed by atoms with Crippen LogP contribution in [0.25, 0.3) is 0 Å². The van der Waals surface area contributed by atoms with Crippen LogP contribution in [0, 0.1) is 11.3 Å². The molecule has 0 bridgehead atoms. The van der Waals surface area contributed by atoms with Crippen LogP contribution in [-0.4, -0.2) is 7.05 Å². The van der Waals surface area contributed by atoms with Gasteiger partial charge in [-0.3, -0.25) is 0 Å². The first kappa shape index (κ1) is 12.0. The Bertz CT molecular complexity index is 535. The predicted octanol–water partition coefficient (Wildman–Crippen LogP) is 3.21. The number of nitrogens with one attached hydrogen (secondary N) is 2. The van der Waals surface area contributed by atoms with E-state index in [1.807, 2.05) is 31.3 Å². The fraction of sp³-hybridized carbons (Fsp3) is 0.133. The lowest BCUT2D eigenvalue weighted by atomic mass is 10.2. The summed E-state index contributed by atoms with van der Waals surface area (Å²) in [4.78, 5) is 0. The minimum absolute atomic E-state index is 0.680. The molecule has 3 nitrogen and oxygen atoms in total. The van der Waals surface area contributed by atoms with Gasteiger partial charge in [0.1, 0.15) is 0 Å². The molecule has 0 saturated carbocycles. The Morgan fingerprint density at radius 2 is 1.56 bits per heavy atom. The summed E-state index contributed by atoms with van der Waals surface area (Å²) in [6.45, 7) is 0.774. The molecule has 0 saturated heterocycles. The number of nitriles is 1. The maximum Gasteiger partial charge on any atom is 0.0991 e. The lowest BCUT2D eigenvalue weighted by Crippen LogP contribution is -1.99. The van der Waals surface area contributed by atoms with Gasteiger partial charge >= 0.3 is 0 Å². The Hall–Kier alpha value is -2.47. The zero-order chi connectivity index (χ0) is 12.8. The van der Waals surface area contributed by atoms with Crippen LogP contribution in [0.15, 0.2) is 48.5 Å². The number of rotatable bonds is 4. The lowest BCUT2D eigenvalue weighted by molar-refractivity contribution is 1.15. The van der Waals surface area contributed by atoms with Crippen LogP contribution in [0.1, 0.15) is 11.1 Å². The summed E-state index contributed by atoms with van der Waals surface area (Å²) in [6.07, 6.45) is 0. The molecule has 0 spiro atoms. The van der Waals surface area contributed by atoms with E-state index in [2.05, 4.69) is 41.0 Å². The molecule has 90 valence electrons. The molecule has 0 atom stereocenters. The maximum atomic E-state index is 8.71. The van der Waals surface area contributed by atoms with Crippen LogP contribution < -0.4 is 10.6 Å². The van der Waals surface area contributed by atoms with E-state index in [4.69, 9.17) is 5.26 Å². The Labute approximate surface area is 107 Å². The van der Waals surface area contributed by atoms with Gasteiger partial charge in [0.2, 0.25) is 0 Å². The van der Waals surface area contributed by atoms with Gasteiger partial charge in [-0.15, -0.1) is 0 Å². The fourth-order valence-corrected chi connectivity index (χ4v) is 1.66. The topological polar surface area (TPSA) is 47.8 Å². The predicted molar refractivity (Wildman–Crippen MR) is 74.5 cm³/mol. The van der Waals surface area contributed by atoms with Gasteiger partial charge in [-0.25, -0.2) is 0 Å². The van der Waals surface area contributed by atoms with Gasteiger partial charge < -0.3 is 10.6 Å². The average Bonchev–Trinajstić information content (AvgIpc) is 2.46. The summed E-state index contributed by atoms with van der Waals surface area (Å²) in [5.41, 5.74) is 4.03. The second kappa shape index (κ2) is 5.74. The summed E-state index contributed by atoms with van der Waals surface area (Å²) in [7, 11) is 1.91. The second-order valence-corrected chi connectivity index (χ2v) is 3.99. The number of anilines is 2. The fourth-order valence-electron chi connectivity index (χ4n) is 1.66. The molecule has 0 aliphatic rings. The molecule has 18 heavy (non-hydrogen) atoms. The second-order valence-electron chi connectivity index (χ2n) is 3.99. The van der Waals surface area contributed by atoms with Gasteiger partial charge in [0, 0.05) is 25.0 Å². The van der Waals surface area contributed by atoms with Gasteiger partial charge in [-0.2, -0.15) is 5.26 Å². The third-order valence-corrected chi connectivity index (χ3v) is 2.75. The van der Waals surface area contributed by atoms with E-state index in [0.717, 1.165) is 17.9 Å². The number of hydrogen-bond acceptors (Lipinski definition) is 3. The van der Waals surface area contributed by atoms with E-state index in [-0.39, 0.29) is 0 Å².